The summed E-state index contributed by atoms with van der Waals surface area (Å²) < 4.78 is 5.50. The van der Waals surface area contributed by atoms with E-state index < -0.39 is 5.97 Å². The molecule has 0 bridgehead atoms. The second kappa shape index (κ2) is 5.74. The third-order valence-electron chi connectivity index (χ3n) is 2.33. The molecule has 19 heavy (non-hydrogen) atoms. The van der Waals surface area contributed by atoms with Gasteiger partial charge >= 0.3 is 5.97 Å². The summed E-state index contributed by atoms with van der Waals surface area (Å²) in [6, 6.07) is 8.47. The molecule has 0 aliphatic carbocycles. The molecule has 0 amide bonds. The van der Waals surface area contributed by atoms with Crippen molar-refractivity contribution in [3.8, 4) is 11.3 Å². The fourth-order valence-corrected chi connectivity index (χ4v) is 1.86. The molecular formula is C13H8Cl2O3S. The fraction of sp³-hybridized carbons (Fsp3) is 0. The standard InChI is InChI=1S/C13H8Cl2O3S/c14-9-3-1-7(5-10(9)15)11-4-2-8(18-11)6-12(19)13(16)17/h1-6,19H,(H,16,17)/b12-6-. The maximum absolute atomic E-state index is 10.6. The SMILES string of the molecule is O=C(O)/C(S)=C/c1ccc(-c2ccc(Cl)c(Cl)c2)o1. The van der Waals surface area contributed by atoms with Crippen LogP contribution in [-0.2, 0) is 4.79 Å². The van der Waals surface area contributed by atoms with E-state index in [2.05, 4.69) is 12.6 Å². The predicted molar refractivity (Wildman–Crippen MR) is 78.8 cm³/mol. The summed E-state index contributed by atoms with van der Waals surface area (Å²) in [6.45, 7) is 0. The Hall–Kier alpha value is -1.36. The van der Waals surface area contributed by atoms with Gasteiger partial charge in [0.1, 0.15) is 11.5 Å². The molecule has 0 saturated carbocycles. The van der Waals surface area contributed by atoms with Crippen LogP contribution in [0.3, 0.4) is 0 Å². The van der Waals surface area contributed by atoms with Crippen LogP contribution >= 0.6 is 35.8 Å². The molecule has 2 aromatic rings. The van der Waals surface area contributed by atoms with Crippen molar-refractivity contribution in [3.05, 3.63) is 51.0 Å². The topological polar surface area (TPSA) is 50.4 Å². The highest BCUT2D eigenvalue weighted by Crippen LogP contribution is 2.30. The second-order valence-electron chi connectivity index (χ2n) is 3.67. The number of hydrogen-bond acceptors (Lipinski definition) is 3. The van der Waals surface area contributed by atoms with E-state index in [1.165, 1.54) is 6.08 Å². The lowest BCUT2D eigenvalue weighted by Gasteiger charge is -1.99. The molecule has 1 aromatic carbocycles. The Kier molecular flexibility index (Phi) is 4.24. The molecule has 1 heterocycles. The fourth-order valence-electron chi connectivity index (χ4n) is 1.43. The van der Waals surface area contributed by atoms with Crippen molar-refractivity contribution in [2.75, 3.05) is 0 Å². The monoisotopic (exact) mass is 314 g/mol. The van der Waals surface area contributed by atoms with E-state index in [9.17, 15) is 4.79 Å². The molecule has 0 unspecified atom stereocenters. The number of carboxylic acid groups (broad SMARTS) is 1. The minimum Gasteiger partial charge on any atom is -0.477 e. The maximum Gasteiger partial charge on any atom is 0.342 e. The first-order chi connectivity index (χ1) is 8.97. The van der Waals surface area contributed by atoms with Gasteiger partial charge in [0.2, 0.25) is 0 Å². The van der Waals surface area contributed by atoms with Crippen molar-refractivity contribution < 1.29 is 14.3 Å². The van der Waals surface area contributed by atoms with Gasteiger partial charge in [0.15, 0.2) is 0 Å². The maximum atomic E-state index is 10.6. The molecule has 0 spiro atoms. The molecule has 98 valence electrons. The number of carboxylic acids is 1. The van der Waals surface area contributed by atoms with Crippen molar-refractivity contribution in [1.29, 1.82) is 0 Å². The summed E-state index contributed by atoms with van der Waals surface area (Å²) in [6.07, 6.45) is 1.33. The van der Waals surface area contributed by atoms with Crippen LogP contribution in [0.25, 0.3) is 17.4 Å². The summed E-state index contributed by atoms with van der Waals surface area (Å²) in [5.74, 6) is -0.152. The van der Waals surface area contributed by atoms with E-state index in [0.29, 0.717) is 21.6 Å². The van der Waals surface area contributed by atoms with E-state index in [-0.39, 0.29) is 4.91 Å². The van der Waals surface area contributed by atoms with Gasteiger partial charge in [-0.2, -0.15) is 0 Å². The highest BCUT2D eigenvalue weighted by Gasteiger charge is 2.08. The van der Waals surface area contributed by atoms with Crippen LogP contribution in [0.1, 0.15) is 5.76 Å². The number of rotatable bonds is 3. The number of aliphatic carboxylic acids is 1. The van der Waals surface area contributed by atoms with Crippen LogP contribution < -0.4 is 0 Å². The van der Waals surface area contributed by atoms with E-state index in [0.717, 1.165) is 5.56 Å². The first-order valence-corrected chi connectivity index (χ1v) is 6.37. The zero-order valence-electron chi connectivity index (χ0n) is 9.43. The summed E-state index contributed by atoms with van der Waals surface area (Å²) in [7, 11) is 0. The third kappa shape index (κ3) is 3.35. The third-order valence-corrected chi connectivity index (χ3v) is 3.39. The first-order valence-electron chi connectivity index (χ1n) is 5.16. The van der Waals surface area contributed by atoms with Crippen LogP contribution in [0.15, 0.2) is 39.7 Å². The lowest BCUT2D eigenvalue weighted by atomic mass is 10.2. The van der Waals surface area contributed by atoms with Gasteiger partial charge in [-0.05, 0) is 30.3 Å². The highest BCUT2D eigenvalue weighted by molar-refractivity contribution is 7.85. The molecule has 0 aliphatic rings. The Bertz CT molecular complexity index is 662. The molecular weight excluding hydrogens is 307 g/mol. The normalized spacial score (nSPS) is 11.6. The van der Waals surface area contributed by atoms with Gasteiger partial charge in [-0.1, -0.05) is 23.2 Å². The predicted octanol–water partition coefficient (Wildman–Crippen LogP) is 4.61. The smallest absolute Gasteiger partial charge is 0.342 e. The average Bonchev–Trinajstić information content (AvgIpc) is 2.81. The van der Waals surface area contributed by atoms with Crippen LogP contribution in [0.2, 0.25) is 10.0 Å². The quantitative estimate of drug-likeness (QED) is 0.642. The Balaban J connectivity index is 2.33. The van der Waals surface area contributed by atoms with Crippen LogP contribution in [0, 0.1) is 0 Å². The minimum absolute atomic E-state index is 0.102. The largest absolute Gasteiger partial charge is 0.477 e. The molecule has 2 rings (SSSR count). The van der Waals surface area contributed by atoms with Crippen LogP contribution in [-0.4, -0.2) is 11.1 Å². The van der Waals surface area contributed by atoms with Gasteiger partial charge in [0.25, 0.3) is 0 Å². The number of furan rings is 1. The second-order valence-corrected chi connectivity index (χ2v) is 4.96. The lowest BCUT2D eigenvalue weighted by Crippen LogP contribution is -1.92. The molecule has 1 aromatic heterocycles. The van der Waals surface area contributed by atoms with Crippen LogP contribution in [0.4, 0.5) is 0 Å². The number of carbonyl (C=O) groups is 1. The minimum atomic E-state index is -1.11. The Labute approximate surface area is 124 Å². The van der Waals surface area contributed by atoms with Crippen molar-refractivity contribution in [1.82, 2.24) is 0 Å². The van der Waals surface area contributed by atoms with Gasteiger partial charge in [-0.15, -0.1) is 12.6 Å². The number of benzene rings is 1. The van der Waals surface area contributed by atoms with E-state index in [1.807, 2.05) is 0 Å². The number of thiol groups is 1. The molecule has 6 heteroatoms. The molecule has 1 N–H and O–H groups in total. The molecule has 0 atom stereocenters. The van der Waals surface area contributed by atoms with E-state index in [1.54, 1.807) is 30.3 Å². The van der Waals surface area contributed by atoms with Gasteiger partial charge in [0.05, 0.1) is 15.0 Å². The Morgan fingerprint density at radius 2 is 1.95 bits per heavy atom. The van der Waals surface area contributed by atoms with Crippen molar-refractivity contribution in [2.45, 2.75) is 0 Å². The summed E-state index contributed by atoms with van der Waals surface area (Å²) in [5.41, 5.74) is 0.755. The molecule has 0 saturated heterocycles. The summed E-state index contributed by atoms with van der Waals surface area (Å²) >= 11 is 15.6. The van der Waals surface area contributed by atoms with Crippen molar-refractivity contribution >= 4 is 47.9 Å². The van der Waals surface area contributed by atoms with E-state index >= 15 is 0 Å². The van der Waals surface area contributed by atoms with Gasteiger partial charge in [0, 0.05) is 11.6 Å². The summed E-state index contributed by atoms with van der Waals surface area (Å²) in [5, 5.41) is 9.60. The molecule has 3 nitrogen and oxygen atoms in total. The summed E-state index contributed by atoms with van der Waals surface area (Å²) in [4.78, 5) is 10.5. The first kappa shape index (κ1) is 14.1. The zero-order chi connectivity index (χ0) is 14.0. The Morgan fingerprint density at radius 3 is 2.58 bits per heavy atom. The zero-order valence-corrected chi connectivity index (χ0v) is 11.8. The average molecular weight is 315 g/mol. The van der Waals surface area contributed by atoms with Crippen molar-refractivity contribution in [3.63, 3.8) is 0 Å². The number of halogens is 2. The van der Waals surface area contributed by atoms with Gasteiger partial charge < -0.3 is 9.52 Å². The van der Waals surface area contributed by atoms with Gasteiger partial charge in [-0.25, -0.2) is 4.79 Å². The Morgan fingerprint density at radius 1 is 1.21 bits per heavy atom. The van der Waals surface area contributed by atoms with E-state index in [4.69, 9.17) is 32.7 Å². The van der Waals surface area contributed by atoms with Gasteiger partial charge in [-0.3, -0.25) is 0 Å². The highest BCUT2D eigenvalue weighted by atomic mass is 35.5. The molecule has 0 radical (unpaired) electrons. The lowest BCUT2D eigenvalue weighted by molar-refractivity contribution is -0.131. The van der Waals surface area contributed by atoms with Crippen LogP contribution in [0.5, 0.6) is 0 Å². The molecule has 0 fully saturated rings. The number of hydrogen-bond donors (Lipinski definition) is 2. The molecule has 0 aliphatic heterocycles. The van der Waals surface area contributed by atoms with Crippen molar-refractivity contribution in [2.24, 2.45) is 0 Å².